The number of halogens is 1. The molecule has 2 rings (SSSR count). The molecule has 5 nitrogen and oxygen atoms in total. The minimum Gasteiger partial charge on any atom is -0.354 e. The summed E-state index contributed by atoms with van der Waals surface area (Å²) < 4.78 is 25.7. The first-order chi connectivity index (χ1) is 9.98. The average molecular weight is 326 g/mol. The highest BCUT2D eigenvalue weighted by atomic mass is 35.5. The Morgan fingerprint density at radius 3 is 2.33 bits per heavy atom. The molecule has 1 aromatic heterocycles. The van der Waals surface area contributed by atoms with Crippen LogP contribution < -0.4 is 10.0 Å². The largest absolute Gasteiger partial charge is 0.354 e. The van der Waals surface area contributed by atoms with E-state index in [1.54, 1.807) is 30.5 Å². The molecule has 0 aliphatic rings. The van der Waals surface area contributed by atoms with Gasteiger partial charge in [-0.3, -0.25) is 4.72 Å². The van der Waals surface area contributed by atoms with E-state index < -0.39 is 10.0 Å². The number of aromatic nitrogens is 1. The Labute approximate surface area is 129 Å². The van der Waals surface area contributed by atoms with Gasteiger partial charge in [-0.15, -0.1) is 0 Å². The van der Waals surface area contributed by atoms with Gasteiger partial charge >= 0.3 is 0 Å². The predicted octanol–water partition coefficient (Wildman–Crippen LogP) is 3.63. The third kappa shape index (κ3) is 4.91. The van der Waals surface area contributed by atoms with Crippen LogP contribution in [0.2, 0.25) is 5.02 Å². The summed E-state index contributed by atoms with van der Waals surface area (Å²) >= 11 is 5.82. The van der Waals surface area contributed by atoms with Crippen molar-refractivity contribution in [1.29, 1.82) is 0 Å². The second-order valence-electron chi connectivity index (χ2n) is 4.48. The van der Waals surface area contributed by atoms with E-state index in [1.165, 1.54) is 0 Å². The van der Waals surface area contributed by atoms with E-state index in [-0.39, 0.29) is 5.75 Å². The molecule has 1 aromatic carbocycles. The van der Waals surface area contributed by atoms with Gasteiger partial charge in [-0.2, -0.15) is 0 Å². The fourth-order valence-corrected chi connectivity index (χ4v) is 2.91. The molecule has 0 bridgehead atoms. The molecule has 2 N–H and O–H groups in total. The second kappa shape index (κ2) is 6.78. The van der Waals surface area contributed by atoms with Crippen LogP contribution >= 0.6 is 11.6 Å². The maximum absolute atomic E-state index is 11.6. The van der Waals surface area contributed by atoms with Gasteiger partial charge in [-0.1, -0.05) is 18.5 Å². The van der Waals surface area contributed by atoms with Crippen LogP contribution in [-0.4, -0.2) is 19.2 Å². The van der Waals surface area contributed by atoms with Crippen LogP contribution in [0, 0.1) is 0 Å². The van der Waals surface area contributed by atoms with Crippen molar-refractivity contribution in [2.24, 2.45) is 0 Å². The van der Waals surface area contributed by atoms with Gasteiger partial charge in [0.1, 0.15) is 5.82 Å². The van der Waals surface area contributed by atoms with Crippen molar-refractivity contribution < 1.29 is 8.42 Å². The SMILES string of the molecule is CCCS(=O)(=O)Nc1ccc(Nc2ccc(Cl)cc2)cn1. The summed E-state index contributed by atoms with van der Waals surface area (Å²) in [7, 11) is -3.31. The molecule has 0 aliphatic carbocycles. The van der Waals surface area contributed by atoms with E-state index in [2.05, 4.69) is 15.0 Å². The number of pyridine rings is 1. The average Bonchev–Trinajstić information content (AvgIpc) is 2.43. The van der Waals surface area contributed by atoms with Crippen molar-refractivity contribution in [3.05, 3.63) is 47.6 Å². The topological polar surface area (TPSA) is 71.1 Å². The molecule has 7 heteroatoms. The standard InChI is InChI=1S/C14H16ClN3O2S/c1-2-9-21(19,20)18-14-8-7-13(10-16-14)17-12-5-3-11(15)4-6-12/h3-8,10,17H,2,9H2,1H3,(H,16,18). The molecule has 1 heterocycles. The molecule has 0 fully saturated rings. The summed E-state index contributed by atoms with van der Waals surface area (Å²) in [5, 5.41) is 3.81. The van der Waals surface area contributed by atoms with Crippen molar-refractivity contribution in [3.8, 4) is 0 Å². The van der Waals surface area contributed by atoms with Gasteiger partial charge in [0.2, 0.25) is 10.0 Å². The smallest absolute Gasteiger partial charge is 0.233 e. The summed E-state index contributed by atoms with van der Waals surface area (Å²) in [6.07, 6.45) is 2.13. The number of anilines is 3. The Morgan fingerprint density at radius 2 is 1.76 bits per heavy atom. The zero-order valence-corrected chi connectivity index (χ0v) is 13.1. The lowest BCUT2D eigenvalue weighted by molar-refractivity contribution is 0.599. The number of benzene rings is 1. The minimum absolute atomic E-state index is 0.0828. The molecule has 0 unspecified atom stereocenters. The van der Waals surface area contributed by atoms with Crippen molar-refractivity contribution in [2.45, 2.75) is 13.3 Å². The van der Waals surface area contributed by atoms with E-state index in [0.29, 0.717) is 17.3 Å². The molecule has 0 amide bonds. The van der Waals surface area contributed by atoms with Crippen molar-refractivity contribution >= 4 is 38.8 Å². The molecule has 21 heavy (non-hydrogen) atoms. The minimum atomic E-state index is -3.31. The third-order valence-electron chi connectivity index (χ3n) is 2.63. The maximum Gasteiger partial charge on any atom is 0.233 e. The number of nitrogens with zero attached hydrogens (tertiary/aromatic N) is 1. The summed E-state index contributed by atoms with van der Waals surface area (Å²) in [5.74, 6) is 0.393. The Kier molecular flexibility index (Phi) is 5.03. The molecule has 0 spiro atoms. The Bertz CT molecular complexity index is 685. The highest BCUT2D eigenvalue weighted by molar-refractivity contribution is 7.92. The van der Waals surface area contributed by atoms with E-state index in [9.17, 15) is 8.42 Å². The van der Waals surface area contributed by atoms with Crippen LogP contribution in [0.3, 0.4) is 0 Å². The molecule has 0 radical (unpaired) electrons. The molecule has 0 saturated carbocycles. The molecule has 0 saturated heterocycles. The van der Waals surface area contributed by atoms with Crippen LogP contribution in [0.4, 0.5) is 17.2 Å². The van der Waals surface area contributed by atoms with Crippen molar-refractivity contribution in [3.63, 3.8) is 0 Å². The molecule has 2 aromatic rings. The van der Waals surface area contributed by atoms with E-state index in [0.717, 1.165) is 11.4 Å². The number of sulfonamides is 1. The van der Waals surface area contributed by atoms with Crippen LogP contribution in [0.15, 0.2) is 42.6 Å². The summed E-state index contributed by atoms with van der Waals surface area (Å²) in [6.45, 7) is 1.81. The fraction of sp³-hybridized carbons (Fsp3) is 0.214. The Hall–Kier alpha value is -1.79. The summed E-state index contributed by atoms with van der Waals surface area (Å²) in [5.41, 5.74) is 1.64. The summed E-state index contributed by atoms with van der Waals surface area (Å²) in [6, 6.07) is 10.6. The first-order valence-electron chi connectivity index (χ1n) is 6.47. The monoisotopic (exact) mass is 325 g/mol. The van der Waals surface area contributed by atoms with Crippen LogP contribution in [0.5, 0.6) is 0 Å². The predicted molar refractivity (Wildman–Crippen MR) is 86.7 cm³/mol. The lowest BCUT2D eigenvalue weighted by Gasteiger charge is -2.08. The quantitative estimate of drug-likeness (QED) is 0.850. The second-order valence-corrected chi connectivity index (χ2v) is 6.76. The highest BCUT2D eigenvalue weighted by Gasteiger charge is 2.09. The highest BCUT2D eigenvalue weighted by Crippen LogP contribution is 2.19. The molecule has 0 atom stereocenters. The molecular weight excluding hydrogens is 310 g/mol. The first kappa shape index (κ1) is 15.6. The number of nitrogens with one attached hydrogen (secondary N) is 2. The third-order valence-corrected chi connectivity index (χ3v) is 4.35. The van der Waals surface area contributed by atoms with E-state index in [1.807, 2.05) is 19.1 Å². The van der Waals surface area contributed by atoms with Crippen molar-refractivity contribution in [2.75, 3.05) is 15.8 Å². The van der Waals surface area contributed by atoms with Gasteiger partial charge in [0.25, 0.3) is 0 Å². The van der Waals surface area contributed by atoms with Gasteiger partial charge in [0.15, 0.2) is 0 Å². The van der Waals surface area contributed by atoms with Gasteiger partial charge in [-0.25, -0.2) is 13.4 Å². The lowest BCUT2D eigenvalue weighted by atomic mass is 10.3. The Morgan fingerprint density at radius 1 is 1.10 bits per heavy atom. The fourth-order valence-electron chi connectivity index (χ4n) is 1.71. The zero-order valence-electron chi connectivity index (χ0n) is 11.5. The lowest BCUT2D eigenvalue weighted by Crippen LogP contribution is -2.16. The summed E-state index contributed by atoms with van der Waals surface area (Å²) in [4.78, 5) is 4.08. The van der Waals surface area contributed by atoms with Gasteiger partial charge in [0, 0.05) is 10.7 Å². The van der Waals surface area contributed by atoms with Gasteiger partial charge in [-0.05, 0) is 42.8 Å². The number of hydrogen-bond acceptors (Lipinski definition) is 4. The first-order valence-corrected chi connectivity index (χ1v) is 8.50. The molecule has 0 aliphatic heterocycles. The number of hydrogen-bond donors (Lipinski definition) is 2. The van der Waals surface area contributed by atoms with Gasteiger partial charge < -0.3 is 5.32 Å². The molecule has 112 valence electrons. The van der Waals surface area contributed by atoms with Crippen LogP contribution in [0.1, 0.15) is 13.3 Å². The van der Waals surface area contributed by atoms with E-state index in [4.69, 9.17) is 11.6 Å². The number of rotatable bonds is 6. The normalized spacial score (nSPS) is 11.1. The molecular formula is C14H16ClN3O2S. The van der Waals surface area contributed by atoms with Crippen LogP contribution in [-0.2, 0) is 10.0 Å². The van der Waals surface area contributed by atoms with Crippen molar-refractivity contribution in [1.82, 2.24) is 4.98 Å². The maximum atomic E-state index is 11.6. The van der Waals surface area contributed by atoms with E-state index >= 15 is 0 Å². The van der Waals surface area contributed by atoms with Crippen LogP contribution in [0.25, 0.3) is 0 Å². The Balaban J connectivity index is 2.03. The van der Waals surface area contributed by atoms with Gasteiger partial charge in [0.05, 0.1) is 17.6 Å². The zero-order chi connectivity index (χ0) is 15.3.